The number of likely N-dealkylation sites (tertiary alicyclic amines) is 2. The normalized spacial score (nSPS) is 18.7. The van der Waals surface area contributed by atoms with Crippen LogP contribution in [0.15, 0.2) is 54.9 Å². The summed E-state index contributed by atoms with van der Waals surface area (Å²) in [5, 5.41) is 0. The van der Waals surface area contributed by atoms with Gasteiger partial charge in [-0.05, 0) is 75.5 Å². The summed E-state index contributed by atoms with van der Waals surface area (Å²) in [5.74, 6) is 2.45. The van der Waals surface area contributed by atoms with E-state index in [1.807, 2.05) is 52.9 Å². The maximum atomic E-state index is 13.0. The van der Waals surface area contributed by atoms with Crippen molar-refractivity contribution >= 4 is 5.91 Å². The van der Waals surface area contributed by atoms with Crippen molar-refractivity contribution in [1.82, 2.24) is 24.3 Å². The zero-order chi connectivity index (χ0) is 22.6. The first-order valence-corrected chi connectivity index (χ1v) is 11.9. The Bertz CT molecular complexity index is 1090. The predicted octanol–water partition coefficient (Wildman–Crippen LogP) is 3.91. The fourth-order valence-electron chi connectivity index (χ4n) is 4.87. The van der Waals surface area contributed by atoms with E-state index in [-0.39, 0.29) is 18.6 Å². The number of imidazole rings is 1. The minimum absolute atomic E-state index is 0.00431. The SMILES string of the molecule is Cc1nccn1-c1cccc([C@H]2CCCN2C(=O)COc2ccc(CN3CCCC3)cc2)n1. The first-order chi connectivity index (χ1) is 16.2. The van der Waals surface area contributed by atoms with E-state index in [2.05, 4.69) is 22.0 Å². The smallest absolute Gasteiger partial charge is 0.261 e. The Morgan fingerprint density at radius 2 is 1.88 bits per heavy atom. The van der Waals surface area contributed by atoms with E-state index in [0.29, 0.717) is 0 Å². The van der Waals surface area contributed by atoms with Crippen LogP contribution in [0.3, 0.4) is 0 Å². The molecule has 0 spiro atoms. The van der Waals surface area contributed by atoms with E-state index in [0.717, 1.165) is 49.0 Å². The minimum atomic E-state index is -0.0206. The van der Waals surface area contributed by atoms with Crippen LogP contribution in [0.5, 0.6) is 5.75 Å². The van der Waals surface area contributed by atoms with Gasteiger partial charge in [0.05, 0.1) is 11.7 Å². The summed E-state index contributed by atoms with van der Waals surface area (Å²) < 4.78 is 7.81. The number of pyridine rings is 1. The molecule has 0 aliphatic carbocycles. The second-order valence-electron chi connectivity index (χ2n) is 8.93. The van der Waals surface area contributed by atoms with Crippen LogP contribution in [0.25, 0.3) is 5.82 Å². The lowest BCUT2D eigenvalue weighted by atomic mass is 10.1. The average Bonchev–Trinajstić information content (AvgIpc) is 3.61. The second kappa shape index (κ2) is 9.75. The molecule has 7 nitrogen and oxygen atoms in total. The number of benzene rings is 1. The Labute approximate surface area is 195 Å². The van der Waals surface area contributed by atoms with E-state index in [1.54, 1.807) is 6.20 Å². The third kappa shape index (κ3) is 4.93. The van der Waals surface area contributed by atoms with Crippen molar-refractivity contribution in [2.75, 3.05) is 26.2 Å². The van der Waals surface area contributed by atoms with Crippen molar-refractivity contribution in [2.24, 2.45) is 0 Å². The third-order valence-corrected chi connectivity index (χ3v) is 6.63. The van der Waals surface area contributed by atoms with Crippen LogP contribution >= 0.6 is 0 Å². The van der Waals surface area contributed by atoms with Gasteiger partial charge < -0.3 is 9.64 Å². The summed E-state index contributed by atoms with van der Waals surface area (Å²) in [5.41, 5.74) is 2.20. The molecule has 0 bridgehead atoms. The number of ether oxygens (including phenoxy) is 1. The quantitative estimate of drug-likeness (QED) is 0.552. The highest BCUT2D eigenvalue weighted by Crippen LogP contribution is 2.31. The summed E-state index contributed by atoms with van der Waals surface area (Å²) in [6.45, 7) is 6.09. The van der Waals surface area contributed by atoms with Gasteiger partial charge in [-0.15, -0.1) is 0 Å². The summed E-state index contributed by atoms with van der Waals surface area (Å²) in [4.78, 5) is 26.5. The van der Waals surface area contributed by atoms with Gasteiger partial charge in [0.15, 0.2) is 6.61 Å². The number of aromatic nitrogens is 3. The van der Waals surface area contributed by atoms with Gasteiger partial charge in [0, 0.05) is 25.5 Å². The van der Waals surface area contributed by atoms with Crippen LogP contribution in [0.1, 0.15) is 48.8 Å². The van der Waals surface area contributed by atoms with Crippen molar-refractivity contribution in [3.63, 3.8) is 0 Å². The molecule has 172 valence electrons. The molecule has 0 unspecified atom stereocenters. The summed E-state index contributed by atoms with van der Waals surface area (Å²) >= 11 is 0. The number of amides is 1. The molecule has 33 heavy (non-hydrogen) atoms. The van der Waals surface area contributed by atoms with Gasteiger partial charge in [-0.25, -0.2) is 9.97 Å². The van der Waals surface area contributed by atoms with Crippen LogP contribution < -0.4 is 4.74 Å². The molecular formula is C26H31N5O2. The topological polar surface area (TPSA) is 63.5 Å². The van der Waals surface area contributed by atoms with Crippen LogP contribution in [0.4, 0.5) is 0 Å². The maximum absolute atomic E-state index is 13.0. The number of carbonyl (C=O) groups excluding carboxylic acids is 1. The fraction of sp³-hybridized carbons (Fsp3) is 0.423. The molecule has 0 radical (unpaired) electrons. The van der Waals surface area contributed by atoms with Crippen LogP contribution in [0, 0.1) is 6.92 Å². The Morgan fingerprint density at radius 3 is 2.64 bits per heavy atom. The number of hydrogen-bond acceptors (Lipinski definition) is 5. The molecule has 1 atom stereocenters. The molecular weight excluding hydrogens is 414 g/mol. The monoisotopic (exact) mass is 445 g/mol. The molecule has 1 amide bonds. The molecule has 2 aliphatic heterocycles. The molecule has 2 saturated heterocycles. The molecule has 3 aromatic rings. The standard InChI is InChI=1S/C26H31N5O2/c1-20-27-13-17-30(20)25-8-4-6-23(28-25)24-7-5-16-31(24)26(32)19-33-22-11-9-21(10-12-22)18-29-14-2-3-15-29/h4,6,8-13,17,24H,2-3,5,7,14-16,18-19H2,1H3/t24-/m1/s1. The van der Waals surface area contributed by atoms with Crippen molar-refractivity contribution in [3.05, 3.63) is 71.9 Å². The molecule has 7 heteroatoms. The van der Waals surface area contributed by atoms with E-state index in [1.165, 1.54) is 31.5 Å². The van der Waals surface area contributed by atoms with Crippen LogP contribution in [0.2, 0.25) is 0 Å². The third-order valence-electron chi connectivity index (χ3n) is 6.63. The highest BCUT2D eigenvalue weighted by Gasteiger charge is 2.31. The van der Waals surface area contributed by atoms with E-state index < -0.39 is 0 Å². The first-order valence-electron chi connectivity index (χ1n) is 11.9. The second-order valence-corrected chi connectivity index (χ2v) is 8.93. The Morgan fingerprint density at radius 1 is 1.06 bits per heavy atom. The van der Waals surface area contributed by atoms with E-state index >= 15 is 0 Å². The van der Waals surface area contributed by atoms with Gasteiger partial charge in [0.1, 0.15) is 17.4 Å². The molecule has 0 N–H and O–H groups in total. The zero-order valence-electron chi connectivity index (χ0n) is 19.2. The molecule has 4 heterocycles. The van der Waals surface area contributed by atoms with Crippen molar-refractivity contribution < 1.29 is 9.53 Å². The van der Waals surface area contributed by atoms with Crippen molar-refractivity contribution in [2.45, 2.75) is 45.2 Å². The maximum Gasteiger partial charge on any atom is 0.261 e. The minimum Gasteiger partial charge on any atom is -0.484 e. The highest BCUT2D eigenvalue weighted by atomic mass is 16.5. The van der Waals surface area contributed by atoms with Crippen molar-refractivity contribution in [3.8, 4) is 11.6 Å². The van der Waals surface area contributed by atoms with Crippen LogP contribution in [-0.4, -0.2) is 56.5 Å². The van der Waals surface area contributed by atoms with Gasteiger partial charge in [0.25, 0.3) is 5.91 Å². The van der Waals surface area contributed by atoms with E-state index in [4.69, 9.17) is 9.72 Å². The lowest BCUT2D eigenvalue weighted by molar-refractivity contribution is -0.134. The lowest BCUT2D eigenvalue weighted by Crippen LogP contribution is -2.34. The first kappa shape index (κ1) is 21.6. The molecule has 0 saturated carbocycles. The van der Waals surface area contributed by atoms with Gasteiger partial charge in [-0.3, -0.25) is 14.3 Å². The molecule has 2 aliphatic rings. The number of rotatable bonds is 7. The Kier molecular flexibility index (Phi) is 6.39. The lowest BCUT2D eigenvalue weighted by Gasteiger charge is -2.25. The number of hydrogen-bond donors (Lipinski definition) is 0. The number of carbonyl (C=O) groups is 1. The van der Waals surface area contributed by atoms with Crippen LogP contribution in [-0.2, 0) is 11.3 Å². The summed E-state index contributed by atoms with van der Waals surface area (Å²) in [6, 6.07) is 14.1. The van der Waals surface area contributed by atoms with Crippen molar-refractivity contribution in [1.29, 1.82) is 0 Å². The highest BCUT2D eigenvalue weighted by molar-refractivity contribution is 5.78. The molecule has 2 aromatic heterocycles. The fourth-order valence-corrected chi connectivity index (χ4v) is 4.87. The largest absolute Gasteiger partial charge is 0.484 e. The Balaban J connectivity index is 1.20. The molecule has 1 aromatic carbocycles. The summed E-state index contributed by atoms with van der Waals surface area (Å²) in [7, 11) is 0. The predicted molar refractivity (Wildman–Crippen MR) is 126 cm³/mol. The summed E-state index contributed by atoms with van der Waals surface area (Å²) in [6.07, 6.45) is 8.15. The molecule has 5 rings (SSSR count). The molecule has 2 fully saturated rings. The zero-order valence-corrected chi connectivity index (χ0v) is 19.2. The van der Waals surface area contributed by atoms with Gasteiger partial charge >= 0.3 is 0 Å². The van der Waals surface area contributed by atoms with Gasteiger partial charge in [0.2, 0.25) is 0 Å². The number of aryl methyl sites for hydroxylation is 1. The van der Waals surface area contributed by atoms with E-state index in [9.17, 15) is 4.79 Å². The van der Waals surface area contributed by atoms with Gasteiger partial charge in [-0.1, -0.05) is 18.2 Å². The average molecular weight is 446 g/mol. The number of nitrogens with zero attached hydrogens (tertiary/aromatic N) is 5. The van der Waals surface area contributed by atoms with Gasteiger partial charge in [-0.2, -0.15) is 0 Å². The Hall–Kier alpha value is -3.19.